The Labute approximate surface area is 132 Å². The second-order valence-corrected chi connectivity index (χ2v) is 6.32. The van der Waals surface area contributed by atoms with Gasteiger partial charge in [-0.05, 0) is 44.4 Å². The number of nitrogens with two attached hydrogens (primary N) is 1. The summed E-state index contributed by atoms with van der Waals surface area (Å²) in [4.78, 5) is 13.2. The molecule has 0 radical (unpaired) electrons. The van der Waals surface area contributed by atoms with E-state index in [0.717, 1.165) is 36.4 Å². The maximum Gasteiger partial charge on any atom is 0.220 e. The molecular weight excluding hydrogens is 280 g/mol. The van der Waals surface area contributed by atoms with E-state index in [4.69, 9.17) is 10.5 Å². The molecule has 5 nitrogen and oxygen atoms in total. The molecule has 0 spiro atoms. The van der Waals surface area contributed by atoms with Crippen LogP contribution in [0.1, 0.15) is 30.4 Å². The summed E-state index contributed by atoms with van der Waals surface area (Å²) in [6.45, 7) is 6.76. The second-order valence-electron chi connectivity index (χ2n) is 6.32. The molecule has 22 heavy (non-hydrogen) atoms. The fraction of sp³-hybridized carbons (Fsp3) is 0.588. The molecule has 3 N–H and O–H groups in total. The van der Waals surface area contributed by atoms with Crippen LogP contribution in [0.25, 0.3) is 0 Å². The Kier molecular flexibility index (Phi) is 5.42. The van der Waals surface area contributed by atoms with Crippen LogP contribution in [0.3, 0.4) is 0 Å². The van der Waals surface area contributed by atoms with Crippen molar-refractivity contribution < 1.29 is 14.6 Å². The lowest BCUT2D eigenvalue weighted by molar-refractivity contribution is -0.125. The first kappa shape index (κ1) is 16.8. The molecule has 1 unspecified atom stereocenters. The number of amides is 1. The number of carbonyl (C=O) groups excluding carboxylic acids is 1. The monoisotopic (exact) mass is 306 g/mol. The summed E-state index contributed by atoms with van der Waals surface area (Å²) >= 11 is 0. The number of aryl methyl sites for hydroxylation is 2. The largest absolute Gasteiger partial charge is 0.492 e. The summed E-state index contributed by atoms with van der Waals surface area (Å²) in [5.74, 6) is 0.489. The zero-order valence-corrected chi connectivity index (χ0v) is 13.5. The predicted molar refractivity (Wildman–Crippen MR) is 85.8 cm³/mol. The minimum Gasteiger partial charge on any atom is -0.492 e. The molecule has 0 saturated carbocycles. The molecular formula is C17H26N2O3. The van der Waals surface area contributed by atoms with E-state index >= 15 is 0 Å². The summed E-state index contributed by atoms with van der Waals surface area (Å²) in [6.07, 6.45) is 1.53. The SMILES string of the molecule is Cc1cccc(C)c1OCCN1CCCC(O)(CC(N)=O)C1. The quantitative estimate of drug-likeness (QED) is 0.832. The zero-order chi connectivity index (χ0) is 16.2. The van der Waals surface area contributed by atoms with Gasteiger partial charge in [0.25, 0.3) is 0 Å². The standard InChI is InChI=1S/C17H26N2O3/c1-13-5-3-6-14(2)16(13)22-10-9-19-8-4-7-17(21,12-19)11-15(18)20/h3,5-6,21H,4,7-12H2,1-2H3,(H2,18,20). The third-order valence-corrected chi connectivity index (χ3v) is 4.20. The fourth-order valence-electron chi connectivity index (χ4n) is 3.17. The number of nitrogens with zero attached hydrogens (tertiary/aromatic N) is 1. The summed E-state index contributed by atoms with van der Waals surface area (Å²) in [7, 11) is 0. The Morgan fingerprint density at radius 1 is 1.41 bits per heavy atom. The van der Waals surface area contributed by atoms with Crippen molar-refractivity contribution in [3.05, 3.63) is 29.3 Å². The minimum absolute atomic E-state index is 0.0290. The number of carbonyl (C=O) groups is 1. The van der Waals surface area contributed by atoms with Gasteiger partial charge in [-0.3, -0.25) is 9.69 Å². The molecule has 1 aliphatic rings. The highest BCUT2D eigenvalue weighted by Crippen LogP contribution is 2.25. The van der Waals surface area contributed by atoms with Gasteiger partial charge in [0.1, 0.15) is 12.4 Å². The molecule has 5 heteroatoms. The van der Waals surface area contributed by atoms with E-state index in [0.29, 0.717) is 19.6 Å². The van der Waals surface area contributed by atoms with E-state index in [9.17, 15) is 9.90 Å². The number of aliphatic hydroxyl groups is 1. The number of para-hydroxylation sites is 1. The first-order valence-corrected chi connectivity index (χ1v) is 7.82. The van der Waals surface area contributed by atoms with E-state index in [2.05, 4.69) is 4.90 Å². The van der Waals surface area contributed by atoms with E-state index in [-0.39, 0.29) is 6.42 Å². The third kappa shape index (κ3) is 4.45. The molecule has 1 saturated heterocycles. The second kappa shape index (κ2) is 7.11. The van der Waals surface area contributed by atoms with Gasteiger partial charge in [-0.25, -0.2) is 0 Å². The van der Waals surface area contributed by atoms with Crippen LogP contribution < -0.4 is 10.5 Å². The van der Waals surface area contributed by atoms with Crippen molar-refractivity contribution in [2.24, 2.45) is 5.73 Å². The maximum atomic E-state index is 11.1. The number of hydrogen-bond donors (Lipinski definition) is 2. The van der Waals surface area contributed by atoms with Crippen molar-refractivity contribution in [3.8, 4) is 5.75 Å². The van der Waals surface area contributed by atoms with Crippen molar-refractivity contribution >= 4 is 5.91 Å². The van der Waals surface area contributed by atoms with Crippen molar-refractivity contribution in [3.63, 3.8) is 0 Å². The van der Waals surface area contributed by atoms with Crippen molar-refractivity contribution in [1.29, 1.82) is 0 Å². The smallest absolute Gasteiger partial charge is 0.220 e. The first-order valence-electron chi connectivity index (χ1n) is 7.82. The molecule has 1 aromatic rings. The van der Waals surface area contributed by atoms with Gasteiger partial charge in [-0.1, -0.05) is 18.2 Å². The highest BCUT2D eigenvalue weighted by atomic mass is 16.5. The lowest BCUT2D eigenvalue weighted by Crippen LogP contribution is -2.50. The molecule has 0 aromatic heterocycles. The Morgan fingerprint density at radius 3 is 2.73 bits per heavy atom. The normalized spacial score (nSPS) is 22.5. The van der Waals surface area contributed by atoms with Crippen molar-refractivity contribution in [2.45, 2.75) is 38.7 Å². The van der Waals surface area contributed by atoms with E-state index in [1.165, 1.54) is 0 Å². The molecule has 1 atom stereocenters. The fourth-order valence-corrected chi connectivity index (χ4v) is 3.17. The molecule has 0 bridgehead atoms. The lowest BCUT2D eigenvalue weighted by Gasteiger charge is -2.38. The van der Waals surface area contributed by atoms with Gasteiger partial charge in [-0.15, -0.1) is 0 Å². The van der Waals surface area contributed by atoms with Crippen LogP contribution in [0.4, 0.5) is 0 Å². The number of hydrogen-bond acceptors (Lipinski definition) is 4. The van der Waals surface area contributed by atoms with Crippen LogP contribution in [0.5, 0.6) is 5.75 Å². The highest BCUT2D eigenvalue weighted by molar-refractivity contribution is 5.75. The van der Waals surface area contributed by atoms with E-state index in [1.807, 2.05) is 32.0 Å². The number of likely N-dealkylation sites (tertiary alicyclic amines) is 1. The highest BCUT2D eigenvalue weighted by Gasteiger charge is 2.34. The number of benzene rings is 1. The molecule has 1 aliphatic heterocycles. The van der Waals surface area contributed by atoms with Crippen LogP contribution >= 0.6 is 0 Å². The molecule has 122 valence electrons. The van der Waals surface area contributed by atoms with Gasteiger partial charge in [0.15, 0.2) is 0 Å². The maximum absolute atomic E-state index is 11.1. The van der Waals surface area contributed by atoms with E-state index < -0.39 is 11.5 Å². The Bertz CT molecular complexity index is 512. The van der Waals surface area contributed by atoms with Gasteiger partial charge in [-0.2, -0.15) is 0 Å². The Morgan fingerprint density at radius 2 is 2.09 bits per heavy atom. The zero-order valence-electron chi connectivity index (χ0n) is 13.5. The Hall–Kier alpha value is -1.59. The molecule has 1 amide bonds. The summed E-state index contributed by atoms with van der Waals surface area (Å²) in [5.41, 5.74) is 6.49. The van der Waals surface area contributed by atoms with Crippen LogP contribution in [-0.2, 0) is 4.79 Å². The van der Waals surface area contributed by atoms with Crippen LogP contribution in [0.15, 0.2) is 18.2 Å². The van der Waals surface area contributed by atoms with Crippen molar-refractivity contribution in [1.82, 2.24) is 4.90 Å². The third-order valence-electron chi connectivity index (χ3n) is 4.20. The number of ether oxygens (including phenoxy) is 1. The van der Waals surface area contributed by atoms with Crippen molar-refractivity contribution in [2.75, 3.05) is 26.2 Å². The van der Waals surface area contributed by atoms with Gasteiger partial charge < -0.3 is 15.6 Å². The molecule has 1 heterocycles. The predicted octanol–water partition coefficient (Wildman–Crippen LogP) is 1.38. The van der Waals surface area contributed by atoms with Gasteiger partial charge in [0, 0.05) is 13.1 Å². The summed E-state index contributed by atoms with van der Waals surface area (Å²) in [5, 5.41) is 10.4. The summed E-state index contributed by atoms with van der Waals surface area (Å²) in [6, 6.07) is 6.09. The minimum atomic E-state index is -0.983. The Balaban J connectivity index is 1.85. The van der Waals surface area contributed by atoms with Gasteiger partial charge >= 0.3 is 0 Å². The topological polar surface area (TPSA) is 75.8 Å². The average Bonchev–Trinajstić information content (AvgIpc) is 2.41. The molecule has 1 fully saturated rings. The van der Waals surface area contributed by atoms with Crippen LogP contribution in [0.2, 0.25) is 0 Å². The molecule has 2 rings (SSSR count). The van der Waals surface area contributed by atoms with Crippen LogP contribution in [0, 0.1) is 13.8 Å². The lowest BCUT2D eigenvalue weighted by atomic mass is 9.89. The summed E-state index contributed by atoms with van der Waals surface area (Å²) < 4.78 is 5.90. The van der Waals surface area contributed by atoms with Crippen LogP contribution in [-0.4, -0.2) is 47.8 Å². The average molecular weight is 306 g/mol. The van der Waals surface area contributed by atoms with Gasteiger partial charge in [0.05, 0.1) is 12.0 Å². The van der Waals surface area contributed by atoms with Gasteiger partial charge in [0.2, 0.25) is 5.91 Å². The number of β-amino-alcohol motifs (C(OH)–C–C–N with tert-alkyl or cyclic N) is 1. The molecule has 1 aromatic carbocycles. The van der Waals surface area contributed by atoms with E-state index in [1.54, 1.807) is 0 Å². The molecule has 0 aliphatic carbocycles. The number of primary amides is 1. The first-order chi connectivity index (χ1) is 10.4. The number of rotatable bonds is 6. The number of piperidine rings is 1.